The highest BCUT2D eigenvalue weighted by atomic mass is 32.1. The van der Waals surface area contributed by atoms with Crippen LogP contribution in [0.2, 0.25) is 0 Å². The second-order valence-electron chi connectivity index (χ2n) is 4.75. The minimum Gasteiger partial charge on any atom is -0.362 e. The molecule has 106 valence electrons. The van der Waals surface area contributed by atoms with Gasteiger partial charge in [0.2, 0.25) is 0 Å². The number of anilines is 1. The van der Waals surface area contributed by atoms with Gasteiger partial charge in [0.25, 0.3) is 0 Å². The molecule has 5 heteroatoms. The average Bonchev–Trinajstić information content (AvgIpc) is 2.74. The maximum atomic E-state index is 5.25. The molecule has 0 fully saturated rings. The molecule has 0 aliphatic rings. The smallest absolute Gasteiger partial charge is 0.170 e. The van der Waals surface area contributed by atoms with Crippen LogP contribution in [0.3, 0.4) is 0 Å². The number of rotatable bonds is 5. The molecule has 0 atom stereocenters. The Morgan fingerprint density at radius 1 is 1.25 bits per heavy atom. The van der Waals surface area contributed by atoms with Gasteiger partial charge in [-0.15, -0.1) is 0 Å². The fourth-order valence-corrected chi connectivity index (χ4v) is 2.25. The van der Waals surface area contributed by atoms with E-state index < -0.39 is 0 Å². The molecule has 2 aromatic rings. The quantitative estimate of drug-likeness (QED) is 0.656. The Kier molecular flexibility index (Phi) is 5.12. The number of aromatic nitrogens is 2. The van der Waals surface area contributed by atoms with Crippen LogP contribution in [0.5, 0.6) is 0 Å². The van der Waals surface area contributed by atoms with Crippen molar-refractivity contribution in [1.29, 1.82) is 0 Å². The first-order chi connectivity index (χ1) is 9.65. The zero-order chi connectivity index (χ0) is 14.4. The number of hydrogen-bond acceptors (Lipinski definition) is 2. The van der Waals surface area contributed by atoms with Crippen LogP contribution in [0, 0.1) is 13.8 Å². The maximum Gasteiger partial charge on any atom is 0.170 e. The van der Waals surface area contributed by atoms with E-state index in [1.54, 1.807) is 0 Å². The summed E-state index contributed by atoms with van der Waals surface area (Å²) in [6.07, 6.45) is 0.985. The standard InChI is InChI=1S/C15H20N4S/c1-12-11-13(2)19(18-12)10-6-9-16-15(20)17-14-7-4-3-5-8-14/h3-5,7-8,11H,6,9-10H2,1-2H3,(H2,16,17,20). The van der Waals surface area contributed by atoms with Crippen LogP contribution in [0.1, 0.15) is 17.8 Å². The number of para-hydroxylation sites is 1. The van der Waals surface area contributed by atoms with Gasteiger partial charge < -0.3 is 10.6 Å². The van der Waals surface area contributed by atoms with Crippen LogP contribution >= 0.6 is 12.2 Å². The van der Waals surface area contributed by atoms with Gasteiger partial charge >= 0.3 is 0 Å². The number of nitrogens with one attached hydrogen (secondary N) is 2. The average molecular weight is 288 g/mol. The third-order valence-corrected chi connectivity index (χ3v) is 3.21. The number of hydrogen-bond donors (Lipinski definition) is 2. The van der Waals surface area contributed by atoms with Gasteiger partial charge in [0.1, 0.15) is 0 Å². The lowest BCUT2D eigenvalue weighted by atomic mass is 10.3. The van der Waals surface area contributed by atoms with Gasteiger partial charge in [0.15, 0.2) is 5.11 Å². The van der Waals surface area contributed by atoms with E-state index in [4.69, 9.17) is 12.2 Å². The summed E-state index contributed by atoms with van der Waals surface area (Å²) in [6.45, 7) is 5.83. The van der Waals surface area contributed by atoms with E-state index in [0.29, 0.717) is 5.11 Å². The highest BCUT2D eigenvalue weighted by Crippen LogP contribution is 2.04. The molecular formula is C15H20N4S. The highest BCUT2D eigenvalue weighted by molar-refractivity contribution is 7.80. The fourth-order valence-electron chi connectivity index (χ4n) is 2.03. The Morgan fingerprint density at radius 2 is 2.00 bits per heavy atom. The fraction of sp³-hybridized carbons (Fsp3) is 0.333. The second kappa shape index (κ2) is 7.05. The van der Waals surface area contributed by atoms with E-state index in [9.17, 15) is 0 Å². The van der Waals surface area contributed by atoms with Gasteiger partial charge in [-0.05, 0) is 50.7 Å². The van der Waals surface area contributed by atoms with Crippen molar-refractivity contribution >= 4 is 23.0 Å². The Labute approximate surface area is 125 Å². The largest absolute Gasteiger partial charge is 0.362 e. The second-order valence-corrected chi connectivity index (χ2v) is 5.16. The van der Waals surface area contributed by atoms with E-state index >= 15 is 0 Å². The Bertz CT molecular complexity index is 563. The summed E-state index contributed by atoms with van der Waals surface area (Å²) >= 11 is 5.25. The molecule has 0 aliphatic carbocycles. The van der Waals surface area contributed by atoms with Gasteiger partial charge in [-0.25, -0.2) is 0 Å². The van der Waals surface area contributed by atoms with Gasteiger partial charge in [-0.2, -0.15) is 5.10 Å². The lowest BCUT2D eigenvalue weighted by Gasteiger charge is -2.10. The molecule has 0 unspecified atom stereocenters. The van der Waals surface area contributed by atoms with Crippen molar-refractivity contribution in [1.82, 2.24) is 15.1 Å². The van der Waals surface area contributed by atoms with Crippen LogP contribution in [0.4, 0.5) is 5.69 Å². The number of thiocarbonyl (C=S) groups is 1. The Hall–Kier alpha value is -1.88. The van der Waals surface area contributed by atoms with Gasteiger partial charge in [0.05, 0.1) is 5.69 Å². The van der Waals surface area contributed by atoms with Crippen LogP contribution in [0.25, 0.3) is 0 Å². The van der Waals surface area contributed by atoms with Crippen molar-refractivity contribution in [2.45, 2.75) is 26.8 Å². The van der Waals surface area contributed by atoms with Crippen molar-refractivity contribution in [2.24, 2.45) is 0 Å². The molecule has 2 N–H and O–H groups in total. The predicted octanol–water partition coefficient (Wildman–Crippen LogP) is 2.88. The van der Waals surface area contributed by atoms with Crippen molar-refractivity contribution in [3.8, 4) is 0 Å². The summed E-state index contributed by atoms with van der Waals surface area (Å²) < 4.78 is 2.03. The van der Waals surface area contributed by atoms with Crippen LogP contribution < -0.4 is 10.6 Å². The Morgan fingerprint density at radius 3 is 2.65 bits per heavy atom. The highest BCUT2D eigenvalue weighted by Gasteiger charge is 2.01. The van der Waals surface area contributed by atoms with E-state index in [1.807, 2.05) is 41.9 Å². The SMILES string of the molecule is Cc1cc(C)n(CCCNC(=S)Nc2ccccc2)n1. The molecule has 1 heterocycles. The van der Waals surface area contributed by atoms with Crippen molar-refractivity contribution < 1.29 is 0 Å². The van der Waals surface area contributed by atoms with Gasteiger partial charge in [0, 0.05) is 24.5 Å². The van der Waals surface area contributed by atoms with Crippen LogP contribution in [-0.4, -0.2) is 21.4 Å². The molecular weight excluding hydrogens is 268 g/mol. The van der Waals surface area contributed by atoms with Gasteiger partial charge in [-0.1, -0.05) is 18.2 Å². The van der Waals surface area contributed by atoms with E-state index in [2.05, 4.69) is 28.7 Å². The summed E-state index contributed by atoms with van der Waals surface area (Å²) in [6, 6.07) is 12.0. The normalized spacial score (nSPS) is 10.3. The van der Waals surface area contributed by atoms with Crippen LogP contribution in [-0.2, 0) is 6.54 Å². The zero-order valence-corrected chi connectivity index (χ0v) is 12.7. The monoisotopic (exact) mass is 288 g/mol. The predicted molar refractivity (Wildman–Crippen MR) is 87.0 cm³/mol. The lowest BCUT2D eigenvalue weighted by molar-refractivity contribution is 0.558. The summed E-state index contributed by atoms with van der Waals surface area (Å²) in [4.78, 5) is 0. The van der Waals surface area contributed by atoms with Gasteiger partial charge in [-0.3, -0.25) is 4.68 Å². The number of aryl methyl sites for hydroxylation is 3. The number of benzene rings is 1. The first kappa shape index (κ1) is 14.5. The van der Waals surface area contributed by atoms with E-state index in [1.165, 1.54) is 5.69 Å². The first-order valence-electron chi connectivity index (χ1n) is 6.76. The molecule has 1 aromatic carbocycles. The first-order valence-corrected chi connectivity index (χ1v) is 7.17. The third kappa shape index (κ3) is 4.35. The maximum absolute atomic E-state index is 5.25. The summed E-state index contributed by atoms with van der Waals surface area (Å²) in [5.41, 5.74) is 3.27. The lowest BCUT2D eigenvalue weighted by Crippen LogP contribution is -2.29. The molecule has 20 heavy (non-hydrogen) atoms. The summed E-state index contributed by atoms with van der Waals surface area (Å²) in [5, 5.41) is 11.5. The molecule has 0 spiro atoms. The van der Waals surface area contributed by atoms with Crippen LogP contribution in [0.15, 0.2) is 36.4 Å². The summed E-state index contributed by atoms with van der Waals surface area (Å²) in [5.74, 6) is 0. The van der Waals surface area contributed by atoms with E-state index in [-0.39, 0.29) is 0 Å². The molecule has 4 nitrogen and oxygen atoms in total. The zero-order valence-electron chi connectivity index (χ0n) is 11.9. The third-order valence-electron chi connectivity index (χ3n) is 2.97. The molecule has 0 radical (unpaired) electrons. The molecule has 2 rings (SSSR count). The molecule has 0 amide bonds. The molecule has 1 aromatic heterocycles. The molecule has 0 bridgehead atoms. The topological polar surface area (TPSA) is 41.9 Å². The minimum atomic E-state index is 0.657. The van der Waals surface area contributed by atoms with Crippen molar-refractivity contribution in [2.75, 3.05) is 11.9 Å². The minimum absolute atomic E-state index is 0.657. The molecule has 0 aliphatic heterocycles. The number of nitrogens with zero attached hydrogens (tertiary/aromatic N) is 2. The Balaban J connectivity index is 1.68. The van der Waals surface area contributed by atoms with Crippen molar-refractivity contribution in [3.63, 3.8) is 0 Å². The summed E-state index contributed by atoms with van der Waals surface area (Å²) in [7, 11) is 0. The molecule has 0 saturated heterocycles. The van der Waals surface area contributed by atoms with E-state index in [0.717, 1.165) is 30.9 Å². The van der Waals surface area contributed by atoms with Crippen molar-refractivity contribution in [3.05, 3.63) is 47.8 Å². The molecule has 0 saturated carbocycles.